The number of rotatable bonds is 5. The highest BCUT2D eigenvalue weighted by Crippen LogP contribution is 2.53. The minimum Gasteiger partial charge on any atom is -0.481 e. The number of pyridine rings is 1. The van der Waals surface area contributed by atoms with E-state index >= 15 is 0 Å². The van der Waals surface area contributed by atoms with Gasteiger partial charge in [0, 0.05) is 29.6 Å². The van der Waals surface area contributed by atoms with E-state index in [4.69, 9.17) is 10.1 Å². The molecule has 34 heavy (non-hydrogen) atoms. The number of halogens is 1. The number of thiazole rings is 1. The van der Waals surface area contributed by atoms with E-state index in [0.29, 0.717) is 16.1 Å². The predicted molar refractivity (Wildman–Crippen MR) is 126 cm³/mol. The summed E-state index contributed by atoms with van der Waals surface area (Å²) in [5.41, 5.74) is 3.45. The number of carbonyl (C=O) groups is 2. The van der Waals surface area contributed by atoms with E-state index in [0.717, 1.165) is 23.4 Å². The number of hydrogen-bond acceptors (Lipinski definition) is 5. The molecule has 1 aliphatic carbocycles. The number of carbonyl (C=O) groups excluding carboxylic acids is 1. The molecule has 2 aliphatic rings. The lowest BCUT2D eigenvalue weighted by molar-refractivity contribution is -0.146. The standard InChI is InChI=1S/C26H20FN3O3S/c27-19-12-15(24(31)30-13-16(14-30)25(32)33)6-7-18(19)22-28-20-8-9-21(29-23(20)34-22)26(10-11-26)17-4-2-1-3-5-17/h1-9,12,16H,10-11,13-14H2,(H,32,33). The third kappa shape index (κ3) is 3.37. The van der Waals surface area contributed by atoms with Gasteiger partial charge in [-0.3, -0.25) is 9.59 Å². The Morgan fingerprint density at radius 3 is 2.47 bits per heavy atom. The number of benzene rings is 2. The number of carboxylic acids is 1. The molecule has 2 aromatic carbocycles. The van der Waals surface area contributed by atoms with Gasteiger partial charge in [0.05, 0.1) is 11.6 Å². The number of fused-ring (bicyclic) bond motifs is 1. The molecule has 0 bridgehead atoms. The highest BCUT2D eigenvalue weighted by Gasteiger charge is 2.47. The summed E-state index contributed by atoms with van der Waals surface area (Å²) in [6.45, 7) is 0.293. The normalized spacial score (nSPS) is 16.9. The molecule has 1 amide bonds. The number of nitrogens with zero attached hydrogens (tertiary/aromatic N) is 3. The summed E-state index contributed by atoms with van der Waals surface area (Å²) < 4.78 is 15.0. The summed E-state index contributed by atoms with van der Waals surface area (Å²) in [5, 5.41) is 9.49. The van der Waals surface area contributed by atoms with Crippen molar-refractivity contribution in [1.29, 1.82) is 0 Å². The van der Waals surface area contributed by atoms with Gasteiger partial charge in [-0.1, -0.05) is 41.7 Å². The highest BCUT2D eigenvalue weighted by molar-refractivity contribution is 7.21. The van der Waals surface area contributed by atoms with Crippen LogP contribution in [0, 0.1) is 11.7 Å². The predicted octanol–water partition coefficient (Wildman–Crippen LogP) is 4.73. The molecule has 0 unspecified atom stereocenters. The van der Waals surface area contributed by atoms with Gasteiger partial charge in [0.15, 0.2) is 0 Å². The van der Waals surface area contributed by atoms with Crippen molar-refractivity contribution in [3.63, 3.8) is 0 Å². The lowest BCUT2D eigenvalue weighted by Crippen LogP contribution is -2.53. The number of likely N-dealkylation sites (tertiary alicyclic amines) is 1. The second-order valence-corrected chi connectivity index (χ2v) is 9.91. The second-order valence-electron chi connectivity index (χ2n) is 8.93. The Bertz CT molecular complexity index is 1440. The average Bonchev–Trinajstić information content (AvgIpc) is 3.51. The van der Waals surface area contributed by atoms with Gasteiger partial charge in [0.1, 0.15) is 21.2 Å². The fourth-order valence-electron chi connectivity index (χ4n) is 4.58. The maximum atomic E-state index is 15.0. The summed E-state index contributed by atoms with van der Waals surface area (Å²) in [4.78, 5) is 35.1. The van der Waals surface area contributed by atoms with Crippen molar-refractivity contribution in [3.8, 4) is 10.6 Å². The van der Waals surface area contributed by atoms with Gasteiger partial charge in [0.25, 0.3) is 5.91 Å². The van der Waals surface area contributed by atoms with Crippen LogP contribution in [0.2, 0.25) is 0 Å². The van der Waals surface area contributed by atoms with Crippen LogP contribution in [-0.4, -0.2) is 44.9 Å². The molecule has 0 radical (unpaired) electrons. The molecule has 1 aliphatic heterocycles. The second kappa shape index (κ2) is 7.70. The summed E-state index contributed by atoms with van der Waals surface area (Å²) in [5.74, 6) is -2.38. The quantitative estimate of drug-likeness (QED) is 0.453. The summed E-state index contributed by atoms with van der Waals surface area (Å²) in [6.07, 6.45) is 2.10. The van der Waals surface area contributed by atoms with E-state index in [9.17, 15) is 14.0 Å². The average molecular weight is 474 g/mol. The van der Waals surface area contributed by atoms with E-state index in [-0.39, 0.29) is 30.0 Å². The first-order chi connectivity index (χ1) is 16.4. The van der Waals surface area contributed by atoms with Crippen molar-refractivity contribution in [1.82, 2.24) is 14.9 Å². The molecular weight excluding hydrogens is 453 g/mol. The number of aliphatic carboxylic acids is 1. The maximum absolute atomic E-state index is 15.0. The zero-order valence-electron chi connectivity index (χ0n) is 18.1. The van der Waals surface area contributed by atoms with Gasteiger partial charge in [-0.25, -0.2) is 14.4 Å². The molecule has 6 rings (SSSR count). The fraction of sp³-hybridized carbons (Fsp3) is 0.231. The largest absolute Gasteiger partial charge is 0.481 e. The van der Waals surface area contributed by atoms with Crippen LogP contribution < -0.4 is 0 Å². The van der Waals surface area contributed by atoms with Crippen LogP contribution in [0.5, 0.6) is 0 Å². The van der Waals surface area contributed by atoms with Crippen molar-refractivity contribution in [2.45, 2.75) is 18.3 Å². The number of hydrogen-bond donors (Lipinski definition) is 1. The van der Waals surface area contributed by atoms with E-state index in [1.807, 2.05) is 30.3 Å². The molecule has 1 saturated heterocycles. The molecule has 6 nitrogen and oxygen atoms in total. The Kier molecular flexibility index (Phi) is 4.74. The fourth-order valence-corrected chi connectivity index (χ4v) is 5.54. The van der Waals surface area contributed by atoms with E-state index in [1.165, 1.54) is 27.9 Å². The SMILES string of the molecule is O=C(O)C1CN(C(=O)c2ccc(-c3nc4ccc(C5(c6ccccc6)CC5)nc4s3)c(F)c2)C1. The van der Waals surface area contributed by atoms with Gasteiger partial charge in [-0.15, -0.1) is 0 Å². The Labute approximate surface area is 198 Å². The summed E-state index contributed by atoms with van der Waals surface area (Å²) >= 11 is 1.33. The first kappa shape index (κ1) is 20.9. The molecule has 0 spiro atoms. The van der Waals surface area contributed by atoms with Crippen LogP contribution in [0.1, 0.15) is 34.5 Å². The topological polar surface area (TPSA) is 83.4 Å². The van der Waals surface area contributed by atoms with Crippen LogP contribution in [-0.2, 0) is 10.2 Å². The van der Waals surface area contributed by atoms with Crippen LogP contribution >= 0.6 is 11.3 Å². The third-order valence-corrected chi connectivity index (χ3v) is 7.78. The highest BCUT2D eigenvalue weighted by atomic mass is 32.1. The molecule has 2 aromatic heterocycles. The molecule has 0 atom stereocenters. The molecule has 1 N–H and O–H groups in total. The lowest BCUT2D eigenvalue weighted by atomic mass is 9.92. The minimum atomic E-state index is -0.922. The van der Waals surface area contributed by atoms with Crippen LogP contribution in [0.15, 0.2) is 60.7 Å². The smallest absolute Gasteiger partial charge is 0.310 e. The number of amides is 1. The Balaban J connectivity index is 1.27. The zero-order chi connectivity index (χ0) is 23.4. The maximum Gasteiger partial charge on any atom is 0.310 e. The van der Waals surface area contributed by atoms with Gasteiger partial charge in [0.2, 0.25) is 0 Å². The van der Waals surface area contributed by atoms with E-state index < -0.39 is 17.7 Å². The van der Waals surface area contributed by atoms with Crippen molar-refractivity contribution >= 4 is 33.6 Å². The van der Waals surface area contributed by atoms with E-state index in [1.54, 1.807) is 12.1 Å². The Morgan fingerprint density at radius 2 is 1.79 bits per heavy atom. The molecule has 2 fully saturated rings. The number of aromatic nitrogens is 2. The minimum absolute atomic E-state index is 0.0522. The number of carboxylic acid groups (broad SMARTS) is 1. The van der Waals surface area contributed by atoms with E-state index in [2.05, 4.69) is 17.1 Å². The molecule has 1 saturated carbocycles. The Hall–Kier alpha value is -3.65. The van der Waals surface area contributed by atoms with Gasteiger partial charge in [-0.05, 0) is 48.7 Å². The molecular formula is C26H20FN3O3S. The van der Waals surface area contributed by atoms with Crippen molar-refractivity contribution in [2.24, 2.45) is 5.92 Å². The zero-order valence-corrected chi connectivity index (χ0v) is 18.9. The van der Waals surface area contributed by atoms with Crippen molar-refractivity contribution < 1.29 is 19.1 Å². The van der Waals surface area contributed by atoms with Crippen molar-refractivity contribution in [3.05, 3.63) is 83.3 Å². The van der Waals surface area contributed by atoms with Crippen LogP contribution in [0.4, 0.5) is 4.39 Å². The van der Waals surface area contributed by atoms with Crippen LogP contribution in [0.25, 0.3) is 20.9 Å². The molecule has 4 aromatic rings. The Morgan fingerprint density at radius 1 is 1.03 bits per heavy atom. The lowest BCUT2D eigenvalue weighted by Gasteiger charge is -2.36. The molecule has 3 heterocycles. The summed E-state index contributed by atoms with van der Waals surface area (Å²) in [6, 6.07) is 18.6. The van der Waals surface area contributed by atoms with Gasteiger partial charge < -0.3 is 10.0 Å². The van der Waals surface area contributed by atoms with Crippen LogP contribution in [0.3, 0.4) is 0 Å². The van der Waals surface area contributed by atoms with Gasteiger partial charge in [-0.2, -0.15) is 0 Å². The van der Waals surface area contributed by atoms with Crippen molar-refractivity contribution in [2.75, 3.05) is 13.1 Å². The van der Waals surface area contributed by atoms with Gasteiger partial charge >= 0.3 is 5.97 Å². The first-order valence-corrected chi connectivity index (χ1v) is 11.9. The first-order valence-electron chi connectivity index (χ1n) is 11.1. The molecule has 8 heteroatoms. The third-order valence-electron chi connectivity index (χ3n) is 6.79. The monoisotopic (exact) mass is 473 g/mol. The summed E-state index contributed by atoms with van der Waals surface area (Å²) in [7, 11) is 0. The molecule has 170 valence electrons.